The number of rotatable bonds is 9. The van der Waals surface area contributed by atoms with Crippen LogP contribution in [0.4, 0.5) is 10.7 Å². The van der Waals surface area contributed by atoms with E-state index in [1.54, 1.807) is 78.6 Å². The van der Waals surface area contributed by atoms with E-state index in [4.69, 9.17) is 23.2 Å². The molecule has 1 aromatic heterocycles. The Balaban J connectivity index is 1.30. The van der Waals surface area contributed by atoms with Crippen LogP contribution in [0.5, 0.6) is 0 Å². The van der Waals surface area contributed by atoms with Gasteiger partial charge in [0.05, 0.1) is 17.4 Å². The summed E-state index contributed by atoms with van der Waals surface area (Å²) in [7, 11) is 0. The Hall–Kier alpha value is -4.60. The van der Waals surface area contributed by atoms with Gasteiger partial charge in [-0.15, -0.1) is 23.1 Å². The standard InChI is InChI=1S/C35H29Cl2N5O4S2/c1-20(32(44)41-35-27(18-38)25-14-15-42(21(2)43)19-31(25)48-35)47-24-11-6-10-23(16-24)39-34(46)30(17-26-28(36)12-7-13-29(26)37)40-33(45)22-8-4-3-5-9-22/h3-13,16-17,20H,14-15,19H2,1-2H3,(H,39,46)(H,40,45)(H,41,44)/b30-17+. The maximum absolute atomic E-state index is 13.6. The minimum absolute atomic E-state index is 0.0317. The number of halogens is 2. The van der Waals surface area contributed by atoms with E-state index in [1.807, 2.05) is 6.07 Å². The lowest BCUT2D eigenvalue weighted by atomic mass is 10.0. The molecule has 1 atom stereocenters. The van der Waals surface area contributed by atoms with Crippen molar-refractivity contribution < 1.29 is 19.2 Å². The minimum atomic E-state index is -0.614. The largest absolute Gasteiger partial charge is 0.337 e. The number of thioether (sulfide) groups is 1. The van der Waals surface area contributed by atoms with Crippen LogP contribution in [-0.4, -0.2) is 40.3 Å². The number of carbonyl (C=O) groups is 4. The normalized spacial score (nSPS) is 13.1. The van der Waals surface area contributed by atoms with Gasteiger partial charge in [0.15, 0.2) is 0 Å². The smallest absolute Gasteiger partial charge is 0.272 e. The SMILES string of the molecule is CC(=O)N1CCc2c(sc(NC(=O)C(C)Sc3cccc(NC(=O)/C(=C\c4c(Cl)cccc4Cl)NC(=O)c4ccccc4)c3)c2C#N)C1. The monoisotopic (exact) mass is 717 g/mol. The number of fused-ring (bicyclic) bond motifs is 1. The predicted octanol–water partition coefficient (Wildman–Crippen LogP) is 7.36. The maximum Gasteiger partial charge on any atom is 0.272 e. The van der Waals surface area contributed by atoms with E-state index in [2.05, 4.69) is 22.0 Å². The second-order valence-electron chi connectivity index (χ2n) is 10.8. The third kappa shape index (κ3) is 8.27. The zero-order valence-corrected chi connectivity index (χ0v) is 28.9. The summed E-state index contributed by atoms with van der Waals surface area (Å²) in [5, 5.41) is 18.7. The van der Waals surface area contributed by atoms with Gasteiger partial charge < -0.3 is 20.9 Å². The molecule has 1 aliphatic heterocycles. The van der Waals surface area contributed by atoms with Crippen molar-refractivity contribution in [2.24, 2.45) is 0 Å². The Labute approximate surface area is 295 Å². The van der Waals surface area contributed by atoms with Crippen molar-refractivity contribution in [1.82, 2.24) is 10.2 Å². The highest BCUT2D eigenvalue weighted by Gasteiger charge is 2.27. The maximum atomic E-state index is 13.6. The quantitative estimate of drug-likeness (QED) is 0.123. The summed E-state index contributed by atoms with van der Waals surface area (Å²) in [5.74, 6) is -1.43. The van der Waals surface area contributed by atoms with E-state index in [0.717, 1.165) is 10.4 Å². The van der Waals surface area contributed by atoms with E-state index < -0.39 is 17.1 Å². The van der Waals surface area contributed by atoms with Crippen molar-refractivity contribution in [2.75, 3.05) is 17.2 Å². The fourth-order valence-corrected chi connectivity index (χ4v) is 7.58. The number of nitriles is 1. The van der Waals surface area contributed by atoms with E-state index >= 15 is 0 Å². The topological polar surface area (TPSA) is 131 Å². The van der Waals surface area contributed by atoms with Crippen molar-refractivity contribution in [3.05, 3.63) is 116 Å². The number of carbonyl (C=O) groups excluding carboxylic acids is 4. The lowest BCUT2D eigenvalue weighted by molar-refractivity contribution is -0.129. The summed E-state index contributed by atoms with van der Waals surface area (Å²) in [6, 6.07) is 22.6. The van der Waals surface area contributed by atoms with Crippen LogP contribution in [0.2, 0.25) is 10.0 Å². The van der Waals surface area contributed by atoms with Crippen LogP contribution in [-0.2, 0) is 27.3 Å². The van der Waals surface area contributed by atoms with Gasteiger partial charge in [-0.25, -0.2) is 0 Å². The number of nitrogens with zero attached hydrogens (tertiary/aromatic N) is 2. The molecule has 2 heterocycles. The second kappa shape index (κ2) is 15.5. The number of hydrogen-bond donors (Lipinski definition) is 3. The number of nitrogens with one attached hydrogen (secondary N) is 3. The van der Waals surface area contributed by atoms with Gasteiger partial charge in [0.25, 0.3) is 11.8 Å². The third-order valence-corrected chi connectivity index (χ3v) is 10.3. The molecule has 0 radical (unpaired) electrons. The Morgan fingerprint density at radius 2 is 1.71 bits per heavy atom. The molecule has 0 spiro atoms. The number of benzene rings is 3. The molecule has 13 heteroatoms. The highest BCUT2D eigenvalue weighted by atomic mass is 35.5. The summed E-state index contributed by atoms with van der Waals surface area (Å²) in [6.07, 6.45) is 1.98. The third-order valence-electron chi connectivity index (χ3n) is 7.44. The number of hydrogen-bond acceptors (Lipinski definition) is 7. The molecule has 1 aliphatic rings. The highest BCUT2D eigenvalue weighted by Crippen LogP contribution is 2.37. The Morgan fingerprint density at radius 3 is 2.40 bits per heavy atom. The van der Waals surface area contributed by atoms with E-state index in [9.17, 15) is 24.4 Å². The van der Waals surface area contributed by atoms with Crippen molar-refractivity contribution in [1.29, 1.82) is 5.26 Å². The summed E-state index contributed by atoms with van der Waals surface area (Å²) >= 11 is 15.3. The molecule has 244 valence electrons. The van der Waals surface area contributed by atoms with Gasteiger partial charge in [-0.1, -0.05) is 53.5 Å². The zero-order chi connectivity index (χ0) is 34.4. The predicted molar refractivity (Wildman–Crippen MR) is 191 cm³/mol. The Morgan fingerprint density at radius 1 is 1.00 bits per heavy atom. The lowest BCUT2D eigenvalue weighted by Crippen LogP contribution is -2.33. The molecule has 0 aliphatic carbocycles. The fourth-order valence-electron chi connectivity index (χ4n) is 4.93. The van der Waals surface area contributed by atoms with Gasteiger partial charge in [-0.2, -0.15) is 5.26 Å². The first-order valence-electron chi connectivity index (χ1n) is 14.7. The van der Waals surface area contributed by atoms with Gasteiger partial charge in [-0.3, -0.25) is 19.2 Å². The van der Waals surface area contributed by atoms with E-state index in [0.29, 0.717) is 61.8 Å². The molecular formula is C35H29Cl2N5O4S2. The van der Waals surface area contributed by atoms with Crippen molar-refractivity contribution in [3.63, 3.8) is 0 Å². The van der Waals surface area contributed by atoms with E-state index in [-0.39, 0.29) is 17.5 Å². The first kappa shape index (κ1) is 34.7. The summed E-state index contributed by atoms with van der Waals surface area (Å²) in [4.78, 5) is 55.0. The highest BCUT2D eigenvalue weighted by molar-refractivity contribution is 8.00. The molecular weight excluding hydrogens is 689 g/mol. The van der Waals surface area contributed by atoms with Gasteiger partial charge >= 0.3 is 0 Å². The average molecular weight is 719 g/mol. The first-order valence-corrected chi connectivity index (χ1v) is 17.2. The summed E-state index contributed by atoms with van der Waals surface area (Å²) < 4.78 is 0. The van der Waals surface area contributed by atoms with Crippen LogP contribution in [0, 0.1) is 11.3 Å². The molecule has 3 aromatic carbocycles. The molecule has 0 fully saturated rings. The molecule has 3 N–H and O–H groups in total. The molecule has 0 bridgehead atoms. The van der Waals surface area contributed by atoms with Gasteiger partial charge in [0.2, 0.25) is 11.8 Å². The van der Waals surface area contributed by atoms with Crippen molar-refractivity contribution in [2.45, 2.75) is 37.0 Å². The van der Waals surface area contributed by atoms with E-state index in [1.165, 1.54) is 36.1 Å². The van der Waals surface area contributed by atoms with Crippen LogP contribution >= 0.6 is 46.3 Å². The first-order chi connectivity index (χ1) is 23.0. The van der Waals surface area contributed by atoms with Crippen molar-refractivity contribution >= 4 is 86.7 Å². The molecule has 1 unspecified atom stereocenters. The Bertz CT molecular complexity index is 1950. The van der Waals surface area contributed by atoms with Gasteiger partial charge in [0.1, 0.15) is 16.8 Å². The molecule has 5 rings (SSSR count). The fraction of sp³-hybridized carbons (Fsp3) is 0.171. The molecule has 0 saturated carbocycles. The Kier molecular flexibility index (Phi) is 11.2. The molecule has 9 nitrogen and oxygen atoms in total. The van der Waals surface area contributed by atoms with Crippen LogP contribution in [0.25, 0.3) is 6.08 Å². The van der Waals surface area contributed by atoms with Crippen LogP contribution in [0.15, 0.2) is 83.4 Å². The minimum Gasteiger partial charge on any atom is -0.337 e. The van der Waals surface area contributed by atoms with Crippen LogP contribution < -0.4 is 16.0 Å². The second-order valence-corrected chi connectivity index (χ2v) is 14.1. The summed E-state index contributed by atoms with van der Waals surface area (Å²) in [5.41, 5.74) is 2.39. The number of anilines is 2. The molecule has 48 heavy (non-hydrogen) atoms. The number of thiophene rings is 1. The lowest BCUT2D eigenvalue weighted by Gasteiger charge is -2.25. The average Bonchev–Trinajstić information content (AvgIpc) is 3.42. The van der Waals surface area contributed by atoms with Crippen LogP contribution in [0.3, 0.4) is 0 Å². The number of amides is 4. The van der Waals surface area contributed by atoms with Crippen LogP contribution in [0.1, 0.15) is 45.8 Å². The van der Waals surface area contributed by atoms with Gasteiger partial charge in [0, 0.05) is 50.1 Å². The van der Waals surface area contributed by atoms with Crippen molar-refractivity contribution in [3.8, 4) is 6.07 Å². The molecule has 4 amide bonds. The molecule has 4 aromatic rings. The zero-order valence-electron chi connectivity index (χ0n) is 25.8. The summed E-state index contributed by atoms with van der Waals surface area (Å²) in [6.45, 7) is 4.21. The molecule has 0 saturated heterocycles. The van der Waals surface area contributed by atoms with Gasteiger partial charge in [-0.05, 0) is 67.4 Å².